The zero-order valence-electron chi connectivity index (χ0n) is 29.5. The number of allylic oxidation sites excluding steroid dienone is 5. The van der Waals surface area contributed by atoms with Crippen molar-refractivity contribution in [2.75, 3.05) is 27.4 Å². The van der Waals surface area contributed by atoms with Crippen LogP contribution >= 0.6 is 0 Å². The lowest BCUT2D eigenvalue weighted by molar-refractivity contribution is -0.149. The molecule has 3 aromatic rings. The van der Waals surface area contributed by atoms with E-state index in [0.29, 0.717) is 37.1 Å². The number of H-pyrrole nitrogens is 2. The van der Waals surface area contributed by atoms with E-state index in [1.54, 1.807) is 6.08 Å². The number of aromatic amines is 2. The molecular weight excluding hydrogens is 632 g/mol. The van der Waals surface area contributed by atoms with Crippen LogP contribution in [0.4, 0.5) is 0 Å². The van der Waals surface area contributed by atoms with Crippen molar-refractivity contribution in [3.8, 4) is 0 Å². The van der Waals surface area contributed by atoms with Crippen molar-refractivity contribution in [1.29, 1.82) is 0 Å². The third-order valence-electron chi connectivity index (χ3n) is 10.5. The molecule has 0 unspecified atom stereocenters. The standard InChI is InChI=1S/C40H44N4O6/c1-8-24-21(2)30-18-35-28-14-13-27(38(47)49-6)37(39(48)50-7)40(28,5)36(44-35)20-31-23(4)26(12-10-16-46)34(43-31)19-33-25(11-9-15-45)22(3)29(42-33)17-32(24)41-30/h8,13-14,17-20,37,41,43,45-46H,1,9-12,15-16H2,2-7H3/t37-,40+/m1/s1. The van der Waals surface area contributed by atoms with Gasteiger partial charge in [0.1, 0.15) is 5.92 Å². The molecule has 50 heavy (non-hydrogen) atoms. The summed E-state index contributed by atoms with van der Waals surface area (Å²) in [6.07, 6.45) is 7.74. The summed E-state index contributed by atoms with van der Waals surface area (Å²) in [5.74, 6) is -2.22. The van der Waals surface area contributed by atoms with E-state index in [0.717, 1.165) is 72.4 Å². The molecule has 0 saturated carbocycles. The Labute approximate surface area is 291 Å². The van der Waals surface area contributed by atoms with Gasteiger partial charge in [0.25, 0.3) is 0 Å². The van der Waals surface area contributed by atoms with Crippen molar-refractivity contribution >= 4 is 56.8 Å². The van der Waals surface area contributed by atoms with Crippen LogP contribution in [0, 0.1) is 19.8 Å². The molecule has 0 radical (unpaired) electrons. The van der Waals surface area contributed by atoms with Crippen molar-refractivity contribution in [3.63, 3.8) is 0 Å². The van der Waals surface area contributed by atoms with Crippen LogP contribution in [0.25, 0.3) is 44.9 Å². The Morgan fingerprint density at radius 3 is 2.20 bits per heavy atom. The van der Waals surface area contributed by atoms with E-state index in [2.05, 4.69) is 23.5 Å². The van der Waals surface area contributed by atoms with Gasteiger partial charge in [0, 0.05) is 40.8 Å². The molecule has 10 nitrogen and oxygen atoms in total. The smallest absolute Gasteiger partial charge is 0.334 e. The molecule has 0 amide bonds. The normalized spacial score (nSPS) is 18.4. The van der Waals surface area contributed by atoms with Crippen molar-refractivity contribution < 1.29 is 29.3 Å². The van der Waals surface area contributed by atoms with Crippen LogP contribution in [0.5, 0.6) is 0 Å². The number of hydrogen-bond donors (Lipinski definition) is 4. The van der Waals surface area contributed by atoms with Crippen LogP contribution in [0.1, 0.15) is 78.1 Å². The van der Waals surface area contributed by atoms with Crippen LogP contribution in [0.3, 0.4) is 0 Å². The number of methoxy groups -OCH3 is 2. The van der Waals surface area contributed by atoms with E-state index in [1.807, 2.05) is 57.2 Å². The van der Waals surface area contributed by atoms with Gasteiger partial charge in [-0.05, 0) is 111 Å². The Hall–Kier alpha value is -5.06. The van der Waals surface area contributed by atoms with E-state index >= 15 is 0 Å². The highest BCUT2D eigenvalue weighted by Gasteiger charge is 2.53. The fourth-order valence-electron chi connectivity index (χ4n) is 7.63. The highest BCUT2D eigenvalue weighted by atomic mass is 16.5. The van der Waals surface area contributed by atoms with Gasteiger partial charge >= 0.3 is 11.9 Å². The summed E-state index contributed by atoms with van der Waals surface area (Å²) in [6, 6.07) is 8.00. The molecule has 3 aromatic heterocycles. The van der Waals surface area contributed by atoms with Gasteiger partial charge in [-0.1, -0.05) is 24.8 Å². The topological polar surface area (TPSA) is 150 Å². The lowest BCUT2D eigenvalue weighted by atomic mass is 9.64. The number of ether oxygens (including phenoxy) is 2. The second kappa shape index (κ2) is 13.7. The number of nitrogens with zero attached hydrogens (tertiary/aromatic N) is 2. The number of aryl methyl sites for hydroxylation is 3. The van der Waals surface area contributed by atoms with Crippen LogP contribution in [0.15, 0.2) is 48.6 Å². The first-order valence-electron chi connectivity index (χ1n) is 16.9. The molecule has 0 spiro atoms. The highest BCUT2D eigenvalue weighted by Crippen LogP contribution is 2.52. The van der Waals surface area contributed by atoms with E-state index < -0.39 is 23.3 Å². The van der Waals surface area contributed by atoms with Gasteiger partial charge in [0.15, 0.2) is 0 Å². The molecule has 3 aliphatic rings. The van der Waals surface area contributed by atoms with Crippen LogP contribution in [-0.2, 0) is 30.9 Å². The summed E-state index contributed by atoms with van der Waals surface area (Å²) in [6.45, 7) is 12.2. The van der Waals surface area contributed by atoms with E-state index in [9.17, 15) is 19.8 Å². The van der Waals surface area contributed by atoms with Crippen LogP contribution in [0.2, 0.25) is 0 Å². The maximum Gasteiger partial charge on any atom is 0.334 e. The summed E-state index contributed by atoms with van der Waals surface area (Å²) in [5, 5.41) is 19.5. The zero-order valence-corrected chi connectivity index (χ0v) is 29.5. The first kappa shape index (κ1) is 34.8. The number of aromatic nitrogens is 4. The summed E-state index contributed by atoms with van der Waals surface area (Å²) in [7, 11) is 2.61. The predicted molar refractivity (Wildman–Crippen MR) is 196 cm³/mol. The fourth-order valence-corrected chi connectivity index (χ4v) is 7.63. The Morgan fingerprint density at radius 1 is 0.860 bits per heavy atom. The number of carbonyl (C=O) groups excluding carboxylic acids is 2. The number of aliphatic hydroxyl groups is 2. The summed E-state index contributed by atoms with van der Waals surface area (Å²) < 4.78 is 10.4. The van der Waals surface area contributed by atoms with Gasteiger partial charge in [-0.25, -0.2) is 9.78 Å². The molecule has 2 aliphatic heterocycles. The third-order valence-corrected chi connectivity index (χ3v) is 10.5. The monoisotopic (exact) mass is 676 g/mol. The molecule has 5 heterocycles. The molecule has 0 aromatic carbocycles. The number of hydrogen-bond acceptors (Lipinski definition) is 8. The summed E-state index contributed by atoms with van der Waals surface area (Å²) in [4.78, 5) is 44.3. The summed E-state index contributed by atoms with van der Waals surface area (Å²) in [5.41, 5.74) is 12.0. The average Bonchev–Trinajstić information content (AvgIpc) is 3.76. The van der Waals surface area contributed by atoms with Gasteiger partial charge in [0.2, 0.25) is 0 Å². The Balaban J connectivity index is 1.79. The van der Waals surface area contributed by atoms with Crippen LogP contribution < -0.4 is 0 Å². The SMILES string of the molecule is C=Cc1c(C)c2cc3nc(cc4[nH]c(cc5nc(cc1[nH]2)C(C)=C5CCCO)c(CCCO)c4C)[C@]1(C)C3=CC=C(C(=O)OC)[C@@H]1C(=O)OC. The van der Waals surface area contributed by atoms with Crippen molar-refractivity contribution in [2.45, 2.75) is 58.8 Å². The quantitative estimate of drug-likeness (QED) is 0.189. The van der Waals surface area contributed by atoms with Gasteiger partial charge < -0.3 is 29.7 Å². The predicted octanol–water partition coefficient (Wildman–Crippen LogP) is 6.45. The third kappa shape index (κ3) is 5.62. The van der Waals surface area contributed by atoms with Crippen LogP contribution in [-0.4, -0.2) is 69.5 Å². The molecule has 4 N–H and O–H groups in total. The molecule has 2 atom stereocenters. The van der Waals surface area contributed by atoms with Gasteiger partial charge in [-0.3, -0.25) is 9.78 Å². The van der Waals surface area contributed by atoms with Gasteiger partial charge in [0.05, 0.1) is 48.0 Å². The minimum Gasteiger partial charge on any atom is -0.469 e. The number of nitrogens with one attached hydrogen (secondary N) is 2. The van der Waals surface area contributed by atoms with Gasteiger partial charge in [-0.15, -0.1) is 0 Å². The first-order chi connectivity index (χ1) is 24.0. The second-order valence-electron chi connectivity index (χ2n) is 13.2. The number of fused-ring (bicyclic) bond motifs is 11. The van der Waals surface area contributed by atoms with Crippen molar-refractivity contribution in [3.05, 3.63) is 93.6 Å². The molecule has 8 bridgehead atoms. The number of rotatable bonds is 9. The Bertz CT molecular complexity index is 2180. The van der Waals surface area contributed by atoms with E-state index in [4.69, 9.17) is 19.4 Å². The highest BCUT2D eigenvalue weighted by molar-refractivity contribution is 6.02. The Kier molecular flexibility index (Phi) is 9.52. The number of carbonyl (C=O) groups is 2. The molecule has 1 aliphatic carbocycles. The largest absolute Gasteiger partial charge is 0.469 e. The van der Waals surface area contributed by atoms with E-state index in [1.165, 1.54) is 14.2 Å². The van der Waals surface area contributed by atoms with Crippen molar-refractivity contribution in [2.24, 2.45) is 5.92 Å². The zero-order chi connectivity index (χ0) is 35.9. The first-order valence-corrected chi connectivity index (χ1v) is 16.9. The van der Waals surface area contributed by atoms with Gasteiger partial charge in [-0.2, -0.15) is 0 Å². The molecule has 260 valence electrons. The maximum absolute atomic E-state index is 13.6. The number of aliphatic hydroxyl groups excluding tert-OH is 2. The average molecular weight is 677 g/mol. The lowest BCUT2D eigenvalue weighted by Crippen LogP contribution is -2.42. The lowest BCUT2D eigenvalue weighted by Gasteiger charge is -2.36. The van der Waals surface area contributed by atoms with E-state index in [-0.39, 0.29) is 18.8 Å². The van der Waals surface area contributed by atoms with Crippen molar-refractivity contribution in [1.82, 2.24) is 19.9 Å². The molecule has 0 fully saturated rings. The minimum atomic E-state index is -1.09. The molecule has 0 saturated heterocycles. The summed E-state index contributed by atoms with van der Waals surface area (Å²) >= 11 is 0. The Morgan fingerprint density at radius 2 is 1.52 bits per heavy atom. The fraction of sp³-hybridized carbons (Fsp3) is 0.350. The molecular formula is C40H44N4O6. The maximum atomic E-state index is 13.6. The molecule has 10 heteroatoms. The number of esters is 2. The molecule has 6 rings (SSSR count). The minimum absolute atomic E-state index is 0.0389. The second-order valence-corrected chi connectivity index (χ2v) is 13.2.